The lowest BCUT2D eigenvalue weighted by molar-refractivity contribution is 0.0203. The Kier molecular flexibility index (Phi) is 8.74. The molecule has 1 aliphatic heterocycles. The highest BCUT2D eigenvalue weighted by Crippen LogP contribution is 2.48. The topological polar surface area (TPSA) is 108 Å². The van der Waals surface area contributed by atoms with Gasteiger partial charge in [0.25, 0.3) is 0 Å². The standard InChI is InChI=1S/C21H34N3O6P/c1-7-28-31(27,29-8-2)14-18(25)17-13-22-15(3)23-19(17)16-9-11-24(12-10-16)20(26)30-21(4,5)6/h13,16H,7-12,14H2,1-6H3. The summed E-state index contributed by atoms with van der Waals surface area (Å²) in [7, 11) is -3.53. The number of hydrogen-bond donors (Lipinski definition) is 0. The second kappa shape index (κ2) is 10.7. The van der Waals surface area contributed by atoms with Gasteiger partial charge >= 0.3 is 13.7 Å². The van der Waals surface area contributed by atoms with Crippen molar-refractivity contribution in [3.63, 3.8) is 0 Å². The van der Waals surface area contributed by atoms with E-state index in [1.54, 1.807) is 25.7 Å². The summed E-state index contributed by atoms with van der Waals surface area (Å²) < 4.78 is 28.8. The number of ketones is 1. The summed E-state index contributed by atoms with van der Waals surface area (Å²) in [5, 5.41) is 0. The minimum absolute atomic E-state index is 0.0158. The van der Waals surface area contributed by atoms with Gasteiger partial charge in [0.1, 0.15) is 17.6 Å². The van der Waals surface area contributed by atoms with E-state index in [2.05, 4.69) is 9.97 Å². The summed E-state index contributed by atoms with van der Waals surface area (Å²) in [5.41, 5.74) is 0.411. The Morgan fingerprint density at radius 2 is 1.74 bits per heavy atom. The van der Waals surface area contributed by atoms with Crippen molar-refractivity contribution in [2.24, 2.45) is 0 Å². The zero-order valence-corrected chi connectivity index (χ0v) is 20.2. The number of carbonyl (C=O) groups excluding carboxylic acids is 2. The van der Waals surface area contributed by atoms with Crippen LogP contribution in [-0.2, 0) is 18.3 Å². The van der Waals surface area contributed by atoms with Crippen LogP contribution in [0, 0.1) is 6.92 Å². The molecule has 0 aromatic carbocycles. The number of aryl methyl sites for hydroxylation is 1. The van der Waals surface area contributed by atoms with Gasteiger partial charge < -0.3 is 18.7 Å². The maximum Gasteiger partial charge on any atom is 0.410 e. The average Bonchev–Trinajstić information content (AvgIpc) is 2.66. The number of aromatic nitrogens is 2. The first-order valence-corrected chi connectivity index (χ1v) is 12.4. The van der Waals surface area contributed by atoms with E-state index in [1.807, 2.05) is 20.8 Å². The van der Waals surface area contributed by atoms with Crippen molar-refractivity contribution in [3.05, 3.63) is 23.3 Å². The van der Waals surface area contributed by atoms with E-state index in [0.29, 0.717) is 43.0 Å². The number of carbonyl (C=O) groups is 2. The van der Waals surface area contributed by atoms with Crippen molar-refractivity contribution in [1.29, 1.82) is 0 Å². The fourth-order valence-corrected chi connectivity index (χ4v) is 5.02. The van der Waals surface area contributed by atoms with Crippen LogP contribution in [0.25, 0.3) is 0 Å². The summed E-state index contributed by atoms with van der Waals surface area (Å²) >= 11 is 0. The minimum atomic E-state index is -3.53. The number of likely N-dealkylation sites (tertiary alicyclic amines) is 1. The van der Waals surface area contributed by atoms with Gasteiger partial charge in [-0.25, -0.2) is 14.8 Å². The van der Waals surface area contributed by atoms with Crippen LogP contribution in [0.4, 0.5) is 4.79 Å². The highest BCUT2D eigenvalue weighted by molar-refractivity contribution is 7.54. The first kappa shape index (κ1) is 25.4. The van der Waals surface area contributed by atoms with Crippen molar-refractivity contribution in [2.45, 2.75) is 65.9 Å². The Balaban J connectivity index is 2.16. The normalized spacial score (nSPS) is 15.7. The molecule has 1 fully saturated rings. The predicted molar refractivity (Wildman–Crippen MR) is 117 cm³/mol. The third kappa shape index (κ3) is 7.37. The summed E-state index contributed by atoms with van der Waals surface area (Å²) in [6.07, 6.45) is 2.08. The third-order valence-corrected chi connectivity index (χ3v) is 6.74. The largest absolute Gasteiger partial charge is 0.444 e. The second-order valence-electron chi connectivity index (χ2n) is 8.49. The van der Waals surface area contributed by atoms with E-state index in [4.69, 9.17) is 13.8 Å². The molecule has 0 saturated carbocycles. The van der Waals surface area contributed by atoms with E-state index in [0.717, 1.165) is 0 Å². The molecule has 31 heavy (non-hydrogen) atoms. The molecular weight excluding hydrogens is 421 g/mol. The molecule has 1 saturated heterocycles. The van der Waals surface area contributed by atoms with Crippen LogP contribution in [0.15, 0.2) is 6.20 Å². The first-order valence-electron chi connectivity index (χ1n) is 10.7. The van der Waals surface area contributed by atoms with Gasteiger partial charge in [0.2, 0.25) is 0 Å². The fourth-order valence-electron chi connectivity index (χ4n) is 3.46. The van der Waals surface area contributed by atoms with E-state index in [1.165, 1.54) is 6.20 Å². The lowest BCUT2D eigenvalue weighted by Gasteiger charge is -2.33. The van der Waals surface area contributed by atoms with Gasteiger partial charge in [-0.3, -0.25) is 9.36 Å². The third-order valence-electron chi connectivity index (χ3n) is 4.76. The van der Waals surface area contributed by atoms with Crippen LogP contribution in [0.5, 0.6) is 0 Å². The molecule has 9 nitrogen and oxygen atoms in total. The van der Waals surface area contributed by atoms with Gasteiger partial charge in [-0.1, -0.05) is 0 Å². The molecule has 0 atom stereocenters. The van der Waals surface area contributed by atoms with Crippen molar-refractivity contribution < 1.29 is 27.9 Å². The Bertz CT molecular complexity index is 821. The summed E-state index contributed by atoms with van der Waals surface area (Å²) in [6, 6.07) is 0. The fraction of sp³-hybridized carbons (Fsp3) is 0.714. The highest BCUT2D eigenvalue weighted by Gasteiger charge is 2.33. The molecule has 0 spiro atoms. The average molecular weight is 455 g/mol. The molecule has 1 aliphatic rings. The van der Waals surface area contributed by atoms with Gasteiger partial charge in [-0.15, -0.1) is 0 Å². The molecule has 1 amide bonds. The molecule has 174 valence electrons. The second-order valence-corrected chi connectivity index (χ2v) is 10.5. The van der Waals surface area contributed by atoms with E-state index in [9.17, 15) is 14.2 Å². The Hall–Kier alpha value is -1.83. The van der Waals surface area contributed by atoms with Crippen molar-refractivity contribution in [2.75, 3.05) is 32.5 Å². The van der Waals surface area contributed by atoms with E-state index >= 15 is 0 Å². The van der Waals surface area contributed by atoms with Crippen molar-refractivity contribution in [3.8, 4) is 0 Å². The van der Waals surface area contributed by atoms with Crippen LogP contribution in [-0.4, -0.2) is 64.8 Å². The number of ether oxygens (including phenoxy) is 1. The molecule has 10 heteroatoms. The lowest BCUT2D eigenvalue weighted by atomic mass is 9.90. The number of piperidine rings is 1. The van der Waals surface area contributed by atoms with Crippen LogP contribution >= 0.6 is 7.60 Å². The zero-order valence-electron chi connectivity index (χ0n) is 19.3. The molecule has 0 radical (unpaired) electrons. The monoisotopic (exact) mass is 455 g/mol. The summed E-state index contributed by atoms with van der Waals surface area (Å²) in [6.45, 7) is 12.1. The highest BCUT2D eigenvalue weighted by atomic mass is 31.2. The van der Waals surface area contributed by atoms with E-state index < -0.39 is 13.2 Å². The number of amides is 1. The molecule has 0 aliphatic carbocycles. The van der Waals surface area contributed by atoms with Crippen molar-refractivity contribution >= 4 is 19.5 Å². The van der Waals surface area contributed by atoms with Crippen LogP contribution in [0.1, 0.15) is 75.3 Å². The molecule has 0 bridgehead atoms. The van der Waals surface area contributed by atoms with Gasteiger partial charge in [0, 0.05) is 25.2 Å². The summed E-state index contributed by atoms with van der Waals surface area (Å²) in [4.78, 5) is 35.7. The Labute approximate surface area is 184 Å². The van der Waals surface area contributed by atoms with Crippen molar-refractivity contribution in [1.82, 2.24) is 14.9 Å². The van der Waals surface area contributed by atoms with Crippen LogP contribution in [0.3, 0.4) is 0 Å². The van der Waals surface area contributed by atoms with Gasteiger partial charge in [0.15, 0.2) is 5.78 Å². The number of hydrogen-bond acceptors (Lipinski definition) is 8. The quantitative estimate of drug-likeness (QED) is 0.421. The first-order chi connectivity index (χ1) is 14.5. The number of rotatable bonds is 8. The van der Waals surface area contributed by atoms with Gasteiger partial charge in [-0.05, 0) is 54.4 Å². The molecular formula is C21H34N3O6P. The zero-order chi connectivity index (χ0) is 23.2. The molecule has 2 rings (SSSR count). The Morgan fingerprint density at radius 1 is 1.16 bits per heavy atom. The Morgan fingerprint density at radius 3 is 2.26 bits per heavy atom. The number of Topliss-reactive ketones (excluding diaryl/α,β-unsaturated/α-hetero) is 1. The molecule has 1 aromatic rings. The van der Waals surface area contributed by atoms with Crippen LogP contribution < -0.4 is 0 Å². The SMILES string of the molecule is CCOP(=O)(CC(=O)c1cnc(C)nc1C1CCN(C(=O)OC(C)(C)C)CC1)OCC. The smallest absolute Gasteiger partial charge is 0.410 e. The molecule has 2 heterocycles. The summed E-state index contributed by atoms with van der Waals surface area (Å²) in [5.74, 6) is 0.173. The minimum Gasteiger partial charge on any atom is -0.444 e. The lowest BCUT2D eigenvalue weighted by Crippen LogP contribution is -2.41. The van der Waals surface area contributed by atoms with E-state index in [-0.39, 0.29) is 37.2 Å². The molecule has 0 unspecified atom stereocenters. The van der Waals surface area contributed by atoms with Crippen LogP contribution in [0.2, 0.25) is 0 Å². The maximum atomic E-state index is 13.0. The van der Waals surface area contributed by atoms with Gasteiger partial charge in [0.05, 0.1) is 24.5 Å². The number of nitrogens with zero attached hydrogens (tertiary/aromatic N) is 3. The molecule has 0 N–H and O–H groups in total. The predicted octanol–water partition coefficient (Wildman–Crippen LogP) is 4.35. The molecule has 1 aromatic heterocycles. The van der Waals surface area contributed by atoms with Gasteiger partial charge in [-0.2, -0.15) is 0 Å². The maximum absolute atomic E-state index is 13.0.